The van der Waals surface area contributed by atoms with E-state index < -0.39 is 30.3 Å². The second kappa shape index (κ2) is 8.83. The zero-order valence-electron chi connectivity index (χ0n) is 15.2. The predicted molar refractivity (Wildman–Crippen MR) is 92.9 cm³/mol. The number of aliphatic hydroxyl groups is 2. The molecule has 3 N–H and O–H groups in total. The molecule has 3 rings (SSSR count). The standard InChI is InChI=1S/C18H26N2O7/c1-25-10-11-4-2-6-20(11)15(21)8-13-16(22)17(23)14(27-13)9-19-18(24)12-5-3-7-26-12/h3,5,7,11,13-14,16-17,22-23H,2,4,6,8-10H2,1H3,(H,19,24)/t11-,13+,14-,16+,17-/m1/s1. The number of nitrogens with zero attached hydrogens (tertiary/aromatic N) is 1. The predicted octanol–water partition coefficient (Wildman–Crippen LogP) is -0.474. The molecule has 9 heteroatoms. The summed E-state index contributed by atoms with van der Waals surface area (Å²) in [6, 6.07) is 3.15. The maximum atomic E-state index is 12.6. The van der Waals surface area contributed by atoms with Crippen LogP contribution in [0.1, 0.15) is 29.8 Å². The number of rotatable bonds is 7. The summed E-state index contributed by atoms with van der Waals surface area (Å²) in [5.74, 6) is -0.427. The lowest BCUT2D eigenvalue weighted by atomic mass is 10.0. The number of furan rings is 1. The molecule has 2 amide bonds. The molecule has 0 aliphatic carbocycles. The van der Waals surface area contributed by atoms with Crippen molar-refractivity contribution in [3.05, 3.63) is 24.2 Å². The Labute approximate surface area is 157 Å². The number of nitrogens with one attached hydrogen (secondary N) is 1. The Morgan fingerprint density at radius 2 is 2.11 bits per heavy atom. The molecular formula is C18H26N2O7. The van der Waals surface area contributed by atoms with Gasteiger partial charge in [-0.05, 0) is 25.0 Å². The summed E-state index contributed by atoms with van der Waals surface area (Å²) in [5.41, 5.74) is 0. The first-order valence-corrected chi connectivity index (χ1v) is 9.13. The van der Waals surface area contributed by atoms with E-state index in [0.717, 1.165) is 12.8 Å². The molecule has 2 aliphatic heterocycles. The smallest absolute Gasteiger partial charge is 0.287 e. The van der Waals surface area contributed by atoms with E-state index in [-0.39, 0.29) is 30.7 Å². The average molecular weight is 382 g/mol. The lowest BCUT2D eigenvalue weighted by Gasteiger charge is -2.26. The number of likely N-dealkylation sites (tertiary alicyclic amines) is 1. The van der Waals surface area contributed by atoms with Gasteiger partial charge in [-0.25, -0.2) is 0 Å². The highest BCUT2D eigenvalue weighted by atomic mass is 16.5. The van der Waals surface area contributed by atoms with Crippen molar-refractivity contribution in [3.8, 4) is 0 Å². The second-order valence-electron chi connectivity index (χ2n) is 6.92. The first-order chi connectivity index (χ1) is 13.0. The Kier molecular flexibility index (Phi) is 6.48. The lowest BCUT2D eigenvalue weighted by molar-refractivity contribution is -0.137. The van der Waals surface area contributed by atoms with Crippen molar-refractivity contribution in [2.75, 3.05) is 26.8 Å². The Morgan fingerprint density at radius 1 is 1.33 bits per heavy atom. The molecule has 3 heterocycles. The SMILES string of the molecule is COC[C@H]1CCCN1C(=O)C[C@@H]1O[C@H](CNC(=O)c2ccco2)[C@@H](O)[C@H]1O. The van der Waals surface area contributed by atoms with Crippen LogP contribution in [0.3, 0.4) is 0 Å². The molecule has 5 atom stereocenters. The van der Waals surface area contributed by atoms with Crippen molar-refractivity contribution in [2.45, 2.75) is 49.7 Å². The van der Waals surface area contributed by atoms with E-state index >= 15 is 0 Å². The Morgan fingerprint density at radius 3 is 2.81 bits per heavy atom. The van der Waals surface area contributed by atoms with Gasteiger partial charge < -0.3 is 34.3 Å². The first-order valence-electron chi connectivity index (χ1n) is 9.13. The molecule has 9 nitrogen and oxygen atoms in total. The zero-order valence-corrected chi connectivity index (χ0v) is 15.2. The van der Waals surface area contributed by atoms with Gasteiger partial charge in [-0.15, -0.1) is 0 Å². The second-order valence-corrected chi connectivity index (χ2v) is 6.92. The van der Waals surface area contributed by atoms with Crippen LogP contribution in [-0.2, 0) is 14.3 Å². The summed E-state index contributed by atoms with van der Waals surface area (Å²) in [5, 5.41) is 23.0. The fourth-order valence-electron chi connectivity index (χ4n) is 3.67. The number of aliphatic hydroxyl groups excluding tert-OH is 2. The number of ether oxygens (including phenoxy) is 2. The average Bonchev–Trinajstić information content (AvgIpc) is 3.38. The van der Waals surface area contributed by atoms with E-state index in [1.807, 2.05) is 0 Å². The van der Waals surface area contributed by atoms with Crippen LogP contribution in [0.4, 0.5) is 0 Å². The molecule has 2 fully saturated rings. The Bertz CT molecular complexity index is 636. The molecule has 2 saturated heterocycles. The Balaban J connectivity index is 1.51. The van der Waals surface area contributed by atoms with Crippen molar-refractivity contribution < 1.29 is 33.7 Å². The number of carbonyl (C=O) groups excluding carboxylic acids is 2. The van der Waals surface area contributed by atoms with Crippen LogP contribution in [-0.4, -0.2) is 84.2 Å². The van der Waals surface area contributed by atoms with E-state index in [1.54, 1.807) is 18.1 Å². The van der Waals surface area contributed by atoms with E-state index in [0.29, 0.717) is 13.2 Å². The van der Waals surface area contributed by atoms with E-state index in [2.05, 4.69) is 5.32 Å². The molecule has 0 spiro atoms. The zero-order chi connectivity index (χ0) is 19.4. The van der Waals surface area contributed by atoms with E-state index in [1.165, 1.54) is 12.3 Å². The quantitative estimate of drug-likeness (QED) is 0.583. The van der Waals surface area contributed by atoms with Gasteiger partial charge in [-0.3, -0.25) is 9.59 Å². The summed E-state index contributed by atoms with van der Waals surface area (Å²) in [4.78, 5) is 26.2. The minimum absolute atomic E-state index is 0.00152. The van der Waals surface area contributed by atoms with Gasteiger partial charge >= 0.3 is 0 Å². The highest BCUT2D eigenvalue weighted by molar-refractivity contribution is 5.91. The van der Waals surface area contributed by atoms with Crippen molar-refractivity contribution in [3.63, 3.8) is 0 Å². The summed E-state index contributed by atoms with van der Waals surface area (Å²) in [7, 11) is 1.60. The van der Waals surface area contributed by atoms with Crippen molar-refractivity contribution in [1.29, 1.82) is 0 Å². The van der Waals surface area contributed by atoms with Gasteiger partial charge in [0.15, 0.2) is 5.76 Å². The van der Waals surface area contributed by atoms with Gasteiger partial charge in [-0.2, -0.15) is 0 Å². The molecule has 0 aromatic carbocycles. The van der Waals surface area contributed by atoms with Gasteiger partial charge in [0.1, 0.15) is 18.3 Å². The van der Waals surface area contributed by atoms with E-state index in [9.17, 15) is 19.8 Å². The van der Waals surface area contributed by atoms with Gasteiger partial charge in [0.25, 0.3) is 5.91 Å². The molecule has 150 valence electrons. The maximum absolute atomic E-state index is 12.6. The third kappa shape index (κ3) is 4.49. The highest BCUT2D eigenvalue weighted by Gasteiger charge is 2.44. The summed E-state index contributed by atoms with van der Waals surface area (Å²) in [6.45, 7) is 1.13. The van der Waals surface area contributed by atoms with Gasteiger partial charge in [0.05, 0.1) is 31.4 Å². The number of amides is 2. The molecule has 1 aromatic rings. The van der Waals surface area contributed by atoms with Gasteiger partial charge in [-0.1, -0.05) is 0 Å². The largest absolute Gasteiger partial charge is 0.459 e. The molecular weight excluding hydrogens is 356 g/mol. The van der Waals surface area contributed by atoms with Gasteiger partial charge in [0, 0.05) is 20.2 Å². The fourth-order valence-corrected chi connectivity index (χ4v) is 3.67. The molecule has 0 unspecified atom stereocenters. The van der Waals surface area contributed by atoms with Crippen LogP contribution in [0.25, 0.3) is 0 Å². The van der Waals surface area contributed by atoms with Crippen LogP contribution in [0, 0.1) is 0 Å². The van der Waals surface area contributed by atoms with Crippen LogP contribution >= 0.6 is 0 Å². The van der Waals surface area contributed by atoms with Crippen molar-refractivity contribution >= 4 is 11.8 Å². The Hall–Kier alpha value is -1.94. The lowest BCUT2D eigenvalue weighted by Crippen LogP contribution is -2.42. The minimum Gasteiger partial charge on any atom is -0.459 e. The topological polar surface area (TPSA) is 121 Å². The minimum atomic E-state index is -1.19. The summed E-state index contributed by atoms with van der Waals surface area (Å²) in [6.07, 6.45) is -0.838. The van der Waals surface area contributed by atoms with Crippen LogP contribution in [0.5, 0.6) is 0 Å². The number of methoxy groups -OCH3 is 1. The van der Waals surface area contributed by atoms with Crippen LogP contribution in [0.15, 0.2) is 22.8 Å². The fraction of sp³-hybridized carbons (Fsp3) is 0.667. The number of hydrogen-bond acceptors (Lipinski definition) is 7. The molecule has 0 radical (unpaired) electrons. The third-order valence-corrected chi connectivity index (χ3v) is 5.10. The molecule has 27 heavy (non-hydrogen) atoms. The number of carbonyl (C=O) groups is 2. The molecule has 0 saturated carbocycles. The van der Waals surface area contributed by atoms with Crippen LogP contribution < -0.4 is 5.32 Å². The number of hydrogen-bond donors (Lipinski definition) is 3. The summed E-state index contributed by atoms with van der Waals surface area (Å²) >= 11 is 0. The monoisotopic (exact) mass is 382 g/mol. The molecule has 0 bridgehead atoms. The molecule has 2 aliphatic rings. The van der Waals surface area contributed by atoms with Crippen LogP contribution in [0.2, 0.25) is 0 Å². The van der Waals surface area contributed by atoms with Crippen molar-refractivity contribution in [2.24, 2.45) is 0 Å². The van der Waals surface area contributed by atoms with Gasteiger partial charge in [0.2, 0.25) is 5.91 Å². The highest BCUT2D eigenvalue weighted by Crippen LogP contribution is 2.26. The maximum Gasteiger partial charge on any atom is 0.287 e. The molecule has 1 aromatic heterocycles. The normalized spacial score (nSPS) is 30.6. The van der Waals surface area contributed by atoms with E-state index in [4.69, 9.17) is 13.9 Å². The first kappa shape index (κ1) is 19.8. The van der Waals surface area contributed by atoms with Crippen molar-refractivity contribution in [1.82, 2.24) is 10.2 Å². The summed E-state index contributed by atoms with van der Waals surface area (Å²) < 4.78 is 15.8. The third-order valence-electron chi connectivity index (χ3n) is 5.10.